The second kappa shape index (κ2) is 4.53. The Morgan fingerprint density at radius 2 is 2.22 bits per heavy atom. The average molecular weight is 265 g/mol. The van der Waals surface area contributed by atoms with E-state index in [1.807, 2.05) is 26.8 Å². The number of fused-ring (bicyclic) bond motifs is 1. The van der Waals surface area contributed by atoms with Gasteiger partial charge in [-0.3, -0.25) is 4.98 Å². The third-order valence-corrected chi connectivity index (χ3v) is 3.69. The molecule has 2 heterocycles. The number of carbonyl (C=O) groups is 1. The van der Waals surface area contributed by atoms with E-state index in [0.717, 1.165) is 15.2 Å². The van der Waals surface area contributed by atoms with E-state index < -0.39 is 6.09 Å². The smallest absolute Gasteiger partial charge is 0.405 e. The van der Waals surface area contributed by atoms with Gasteiger partial charge in [0.25, 0.3) is 0 Å². The molecule has 0 aliphatic heterocycles. The Hall–Kier alpha value is -1.69. The van der Waals surface area contributed by atoms with Crippen LogP contribution in [0.5, 0.6) is 0 Å². The number of amides is 1. The molecule has 0 saturated heterocycles. The molecule has 0 spiro atoms. The lowest BCUT2D eigenvalue weighted by molar-refractivity contribution is 0.175. The van der Waals surface area contributed by atoms with Crippen LogP contribution in [0.15, 0.2) is 18.5 Å². The number of aromatic nitrogens is 2. The molecule has 2 aromatic heterocycles. The second-order valence-corrected chi connectivity index (χ2v) is 6.21. The van der Waals surface area contributed by atoms with Crippen molar-refractivity contribution in [3.8, 4) is 0 Å². The van der Waals surface area contributed by atoms with Gasteiger partial charge in [0.05, 0.1) is 22.5 Å². The zero-order valence-electron chi connectivity index (χ0n) is 10.5. The van der Waals surface area contributed by atoms with Crippen LogP contribution in [-0.2, 0) is 0 Å². The molecule has 0 bridgehead atoms. The van der Waals surface area contributed by atoms with Crippen LogP contribution in [0.25, 0.3) is 10.2 Å². The van der Waals surface area contributed by atoms with Crippen LogP contribution in [0, 0.1) is 5.41 Å². The van der Waals surface area contributed by atoms with Gasteiger partial charge in [-0.05, 0) is 11.5 Å². The predicted molar refractivity (Wildman–Crippen MR) is 70.8 cm³/mol. The molecule has 2 N–H and O–H groups in total. The SMILES string of the molecule is CC(C)(C)C(NC(=O)O)c1nc2cnccc2s1. The summed E-state index contributed by atoms with van der Waals surface area (Å²) < 4.78 is 1.02. The normalized spacial score (nSPS) is 13.5. The molecular weight excluding hydrogens is 250 g/mol. The third-order valence-electron chi connectivity index (χ3n) is 2.59. The summed E-state index contributed by atoms with van der Waals surface area (Å²) >= 11 is 1.50. The van der Waals surface area contributed by atoms with Crippen molar-refractivity contribution >= 4 is 27.6 Å². The van der Waals surface area contributed by atoms with E-state index in [2.05, 4.69) is 15.3 Å². The molecule has 0 radical (unpaired) electrons. The van der Waals surface area contributed by atoms with Crippen molar-refractivity contribution in [3.05, 3.63) is 23.5 Å². The number of hydrogen-bond acceptors (Lipinski definition) is 4. The van der Waals surface area contributed by atoms with Crippen LogP contribution >= 0.6 is 11.3 Å². The topological polar surface area (TPSA) is 75.1 Å². The number of rotatable bonds is 2. The van der Waals surface area contributed by atoms with Gasteiger partial charge in [0.15, 0.2) is 0 Å². The lowest BCUT2D eigenvalue weighted by atomic mass is 9.87. The molecule has 0 aromatic carbocycles. The quantitative estimate of drug-likeness (QED) is 0.875. The van der Waals surface area contributed by atoms with Gasteiger partial charge in [0, 0.05) is 6.20 Å². The molecule has 96 valence electrons. The molecule has 0 fully saturated rings. The number of nitrogens with one attached hydrogen (secondary N) is 1. The molecule has 6 heteroatoms. The van der Waals surface area contributed by atoms with Crippen molar-refractivity contribution in [1.82, 2.24) is 15.3 Å². The Balaban J connectivity index is 2.44. The molecule has 2 aromatic rings. The fourth-order valence-electron chi connectivity index (χ4n) is 1.69. The summed E-state index contributed by atoms with van der Waals surface area (Å²) in [4.78, 5) is 19.4. The summed E-state index contributed by atoms with van der Waals surface area (Å²) in [6.07, 6.45) is 2.36. The van der Waals surface area contributed by atoms with Crippen molar-refractivity contribution in [3.63, 3.8) is 0 Å². The first-order valence-electron chi connectivity index (χ1n) is 5.58. The number of nitrogens with zero attached hydrogens (tertiary/aromatic N) is 2. The van der Waals surface area contributed by atoms with Gasteiger partial charge < -0.3 is 10.4 Å². The maximum absolute atomic E-state index is 10.9. The van der Waals surface area contributed by atoms with E-state index in [9.17, 15) is 4.79 Å². The van der Waals surface area contributed by atoms with Gasteiger partial charge in [-0.25, -0.2) is 9.78 Å². The second-order valence-electron chi connectivity index (χ2n) is 5.14. The highest BCUT2D eigenvalue weighted by molar-refractivity contribution is 7.18. The molecule has 18 heavy (non-hydrogen) atoms. The third kappa shape index (κ3) is 2.59. The molecule has 1 unspecified atom stereocenters. The average Bonchev–Trinajstić information content (AvgIpc) is 2.67. The van der Waals surface area contributed by atoms with E-state index in [-0.39, 0.29) is 11.5 Å². The highest BCUT2D eigenvalue weighted by atomic mass is 32.1. The molecule has 0 aliphatic rings. The molecule has 0 saturated carbocycles. The van der Waals surface area contributed by atoms with E-state index >= 15 is 0 Å². The minimum Gasteiger partial charge on any atom is -0.465 e. The van der Waals surface area contributed by atoms with Crippen LogP contribution < -0.4 is 5.32 Å². The fourth-order valence-corrected chi connectivity index (χ4v) is 2.92. The summed E-state index contributed by atoms with van der Waals surface area (Å²) in [5.41, 5.74) is 0.568. The molecule has 0 aliphatic carbocycles. The Morgan fingerprint density at radius 1 is 1.50 bits per heavy atom. The van der Waals surface area contributed by atoms with Gasteiger partial charge in [-0.15, -0.1) is 11.3 Å². The molecule has 5 nitrogen and oxygen atoms in total. The molecular formula is C12H15N3O2S. The lowest BCUT2D eigenvalue weighted by Crippen LogP contribution is -2.35. The summed E-state index contributed by atoms with van der Waals surface area (Å²) in [7, 11) is 0. The van der Waals surface area contributed by atoms with Gasteiger partial charge >= 0.3 is 6.09 Å². The van der Waals surface area contributed by atoms with Crippen molar-refractivity contribution in [1.29, 1.82) is 0 Å². The summed E-state index contributed by atoms with van der Waals surface area (Å²) in [5.74, 6) is 0. The summed E-state index contributed by atoms with van der Waals surface area (Å²) in [5, 5.41) is 12.2. The zero-order chi connectivity index (χ0) is 13.3. The van der Waals surface area contributed by atoms with Gasteiger partial charge in [0.1, 0.15) is 5.01 Å². The van der Waals surface area contributed by atoms with Crippen molar-refractivity contribution in [2.24, 2.45) is 5.41 Å². The minimum absolute atomic E-state index is 0.236. The zero-order valence-corrected chi connectivity index (χ0v) is 11.3. The molecule has 2 rings (SSSR count). The maximum atomic E-state index is 10.9. The fraction of sp³-hybridized carbons (Fsp3) is 0.417. The van der Waals surface area contributed by atoms with E-state index in [1.165, 1.54) is 11.3 Å². The Labute approximate surface area is 109 Å². The Bertz CT molecular complexity index is 541. The van der Waals surface area contributed by atoms with Gasteiger partial charge in [-0.1, -0.05) is 20.8 Å². The highest BCUT2D eigenvalue weighted by Gasteiger charge is 2.30. The first kappa shape index (κ1) is 12.8. The standard InChI is InChI=1S/C12H15N3O2S/c1-12(2,3)9(15-11(16)17)10-14-7-6-13-5-4-8(7)18-10/h4-6,9,15H,1-3H3,(H,16,17). The Morgan fingerprint density at radius 3 is 2.78 bits per heavy atom. The number of thiazole rings is 1. The largest absolute Gasteiger partial charge is 0.465 e. The van der Waals surface area contributed by atoms with E-state index in [0.29, 0.717) is 0 Å². The van der Waals surface area contributed by atoms with E-state index in [4.69, 9.17) is 5.11 Å². The number of hydrogen-bond donors (Lipinski definition) is 2. The molecule has 1 atom stereocenters. The van der Waals surface area contributed by atoms with Crippen LogP contribution in [0.2, 0.25) is 0 Å². The van der Waals surface area contributed by atoms with Crippen LogP contribution in [0.1, 0.15) is 31.8 Å². The monoisotopic (exact) mass is 265 g/mol. The van der Waals surface area contributed by atoms with Crippen LogP contribution in [0.4, 0.5) is 4.79 Å². The maximum Gasteiger partial charge on any atom is 0.405 e. The van der Waals surface area contributed by atoms with Crippen molar-refractivity contribution < 1.29 is 9.90 Å². The van der Waals surface area contributed by atoms with Gasteiger partial charge in [-0.2, -0.15) is 0 Å². The minimum atomic E-state index is -1.03. The van der Waals surface area contributed by atoms with Crippen LogP contribution in [0.3, 0.4) is 0 Å². The van der Waals surface area contributed by atoms with E-state index in [1.54, 1.807) is 12.4 Å². The van der Waals surface area contributed by atoms with Gasteiger partial charge in [0.2, 0.25) is 0 Å². The first-order valence-corrected chi connectivity index (χ1v) is 6.39. The Kier molecular flexibility index (Phi) is 3.21. The number of pyridine rings is 1. The molecule has 1 amide bonds. The van der Waals surface area contributed by atoms with Crippen molar-refractivity contribution in [2.45, 2.75) is 26.8 Å². The number of carboxylic acid groups (broad SMARTS) is 1. The predicted octanol–water partition coefficient (Wildman–Crippen LogP) is 3.05. The lowest BCUT2D eigenvalue weighted by Gasteiger charge is -2.28. The van der Waals surface area contributed by atoms with Crippen molar-refractivity contribution in [2.75, 3.05) is 0 Å². The van der Waals surface area contributed by atoms with Crippen LogP contribution in [-0.4, -0.2) is 21.2 Å². The highest BCUT2D eigenvalue weighted by Crippen LogP contribution is 2.36. The first-order chi connectivity index (χ1) is 8.38. The summed E-state index contributed by atoms with van der Waals surface area (Å²) in [6, 6.07) is 1.56. The summed E-state index contributed by atoms with van der Waals surface area (Å²) in [6.45, 7) is 5.95.